The molecule has 7 nitrogen and oxygen atoms in total. The number of thiophene rings is 1. The van der Waals surface area contributed by atoms with E-state index >= 15 is 0 Å². The van der Waals surface area contributed by atoms with E-state index in [9.17, 15) is 4.79 Å². The maximum atomic E-state index is 12.1. The van der Waals surface area contributed by atoms with Crippen molar-refractivity contribution >= 4 is 45.5 Å². The molecule has 1 N–H and O–H groups in total. The Morgan fingerprint density at radius 2 is 2.15 bits per heavy atom. The van der Waals surface area contributed by atoms with Crippen molar-refractivity contribution in [2.75, 3.05) is 11.1 Å². The molecule has 0 fully saturated rings. The van der Waals surface area contributed by atoms with Crippen LogP contribution in [-0.2, 0) is 11.2 Å². The second kappa shape index (κ2) is 8.74. The van der Waals surface area contributed by atoms with Crippen molar-refractivity contribution in [1.29, 1.82) is 0 Å². The molecule has 138 valence electrons. The molecule has 3 aromatic rings. The average Bonchev–Trinajstić information content (AvgIpc) is 3.33. The Morgan fingerprint density at radius 3 is 2.85 bits per heavy atom. The molecular weight excluding hydrogens is 388 g/mol. The van der Waals surface area contributed by atoms with Crippen LogP contribution >= 0.6 is 34.4 Å². The molecule has 0 saturated carbocycles. The van der Waals surface area contributed by atoms with Gasteiger partial charge in [-0.1, -0.05) is 36.4 Å². The number of hydrogen-bond donors (Lipinski definition) is 1. The minimum Gasteiger partial charge on any atom is -0.300 e. The molecule has 0 aliphatic rings. The van der Waals surface area contributed by atoms with Crippen LogP contribution in [0.15, 0.2) is 22.1 Å². The first-order valence-corrected chi connectivity index (χ1v) is 11.0. The van der Waals surface area contributed by atoms with Crippen LogP contribution in [0.1, 0.15) is 38.1 Å². The molecule has 0 bridgehead atoms. The molecule has 0 aliphatic carbocycles. The maximum absolute atomic E-state index is 12.1. The fourth-order valence-corrected chi connectivity index (χ4v) is 4.72. The third-order valence-electron chi connectivity index (χ3n) is 3.53. The number of nitrogens with one attached hydrogen (secondary N) is 1. The molecule has 26 heavy (non-hydrogen) atoms. The summed E-state index contributed by atoms with van der Waals surface area (Å²) in [5, 5.41) is 22.3. The lowest BCUT2D eigenvalue weighted by atomic mass is 10.2. The standard InChI is InChI=1S/C16H20N6OS3/c1-4-5-12-6-11(7-24-12)14-19-21-16(22(14)10(2)3)25-8-13(23)18-15-20-17-9-26-15/h6-7,9-10H,4-5,8H2,1-3H3,(H,18,20,23). The Hall–Kier alpha value is -1.78. The Morgan fingerprint density at radius 1 is 1.31 bits per heavy atom. The number of nitrogens with zero attached hydrogens (tertiary/aromatic N) is 5. The van der Waals surface area contributed by atoms with Gasteiger partial charge in [0.2, 0.25) is 11.0 Å². The smallest absolute Gasteiger partial charge is 0.236 e. The Kier molecular flexibility index (Phi) is 6.38. The van der Waals surface area contributed by atoms with E-state index in [-0.39, 0.29) is 17.7 Å². The highest BCUT2D eigenvalue weighted by Crippen LogP contribution is 2.31. The third-order valence-corrected chi connectivity index (χ3v) is 6.07. The monoisotopic (exact) mass is 408 g/mol. The van der Waals surface area contributed by atoms with Crippen LogP contribution in [0.3, 0.4) is 0 Å². The molecule has 0 unspecified atom stereocenters. The van der Waals surface area contributed by atoms with E-state index in [1.54, 1.807) is 16.8 Å². The summed E-state index contributed by atoms with van der Waals surface area (Å²) in [7, 11) is 0. The van der Waals surface area contributed by atoms with E-state index < -0.39 is 0 Å². The molecule has 10 heteroatoms. The van der Waals surface area contributed by atoms with Gasteiger partial charge in [0.15, 0.2) is 11.0 Å². The Bertz CT molecular complexity index is 855. The van der Waals surface area contributed by atoms with E-state index in [1.807, 2.05) is 0 Å². The van der Waals surface area contributed by atoms with Gasteiger partial charge in [-0.3, -0.25) is 14.7 Å². The van der Waals surface area contributed by atoms with Crippen LogP contribution < -0.4 is 5.32 Å². The normalized spacial score (nSPS) is 11.2. The van der Waals surface area contributed by atoms with Crippen LogP contribution in [0.4, 0.5) is 5.13 Å². The average molecular weight is 409 g/mol. The van der Waals surface area contributed by atoms with Crippen molar-refractivity contribution in [1.82, 2.24) is 25.0 Å². The summed E-state index contributed by atoms with van der Waals surface area (Å²) < 4.78 is 2.08. The highest BCUT2D eigenvalue weighted by molar-refractivity contribution is 7.99. The summed E-state index contributed by atoms with van der Waals surface area (Å²) >= 11 is 4.42. The van der Waals surface area contributed by atoms with E-state index in [1.165, 1.54) is 28.0 Å². The third kappa shape index (κ3) is 4.49. The van der Waals surface area contributed by atoms with Gasteiger partial charge in [0.05, 0.1) is 5.75 Å². The van der Waals surface area contributed by atoms with E-state index in [2.05, 4.69) is 62.5 Å². The zero-order valence-corrected chi connectivity index (χ0v) is 17.2. The van der Waals surface area contributed by atoms with Gasteiger partial charge in [-0.25, -0.2) is 0 Å². The van der Waals surface area contributed by atoms with Gasteiger partial charge in [0.1, 0.15) is 5.51 Å². The fraction of sp³-hybridized carbons (Fsp3) is 0.438. The van der Waals surface area contributed by atoms with Crippen LogP contribution in [0, 0.1) is 0 Å². The first-order valence-electron chi connectivity index (χ1n) is 8.30. The highest BCUT2D eigenvalue weighted by atomic mass is 32.2. The minimum absolute atomic E-state index is 0.132. The largest absolute Gasteiger partial charge is 0.300 e. The number of hydrogen-bond acceptors (Lipinski definition) is 8. The molecule has 0 atom stereocenters. The molecule has 0 radical (unpaired) electrons. The number of anilines is 1. The molecular formula is C16H20N6OS3. The topological polar surface area (TPSA) is 85.6 Å². The molecule has 0 aromatic carbocycles. The summed E-state index contributed by atoms with van der Waals surface area (Å²) in [6, 6.07) is 2.39. The maximum Gasteiger partial charge on any atom is 0.236 e. The van der Waals surface area contributed by atoms with Crippen LogP contribution in [-0.4, -0.2) is 36.6 Å². The van der Waals surface area contributed by atoms with Gasteiger partial charge in [0.25, 0.3) is 0 Å². The predicted octanol–water partition coefficient (Wildman–Crippen LogP) is 4.12. The van der Waals surface area contributed by atoms with Gasteiger partial charge in [-0.15, -0.1) is 31.7 Å². The first kappa shape index (κ1) is 19.0. The summed E-state index contributed by atoms with van der Waals surface area (Å²) in [6.07, 6.45) is 2.20. The van der Waals surface area contributed by atoms with Crippen molar-refractivity contribution in [2.45, 2.75) is 44.8 Å². The summed E-state index contributed by atoms with van der Waals surface area (Å²) in [4.78, 5) is 13.4. The number of aromatic nitrogens is 5. The lowest BCUT2D eigenvalue weighted by Crippen LogP contribution is -2.15. The van der Waals surface area contributed by atoms with E-state index in [0.717, 1.165) is 29.4 Å². The van der Waals surface area contributed by atoms with Gasteiger partial charge in [-0.2, -0.15) is 0 Å². The van der Waals surface area contributed by atoms with Crippen molar-refractivity contribution in [2.24, 2.45) is 0 Å². The highest BCUT2D eigenvalue weighted by Gasteiger charge is 2.19. The Labute approximate surface area is 164 Å². The number of carbonyl (C=O) groups excluding carboxylic acids is 1. The lowest BCUT2D eigenvalue weighted by molar-refractivity contribution is -0.113. The molecule has 3 heterocycles. The minimum atomic E-state index is -0.132. The van der Waals surface area contributed by atoms with E-state index in [4.69, 9.17) is 0 Å². The van der Waals surface area contributed by atoms with Gasteiger partial charge < -0.3 is 0 Å². The number of amides is 1. The Balaban J connectivity index is 1.73. The van der Waals surface area contributed by atoms with Crippen LogP contribution in [0.5, 0.6) is 0 Å². The van der Waals surface area contributed by atoms with Crippen molar-refractivity contribution in [3.05, 3.63) is 21.8 Å². The van der Waals surface area contributed by atoms with Gasteiger partial charge in [0, 0.05) is 21.9 Å². The van der Waals surface area contributed by atoms with Crippen molar-refractivity contribution < 1.29 is 4.79 Å². The zero-order chi connectivity index (χ0) is 18.5. The number of carbonyl (C=O) groups is 1. The summed E-state index contributed by atoms with van der Waals surface area (Å²) in [5.74, 6) is 0.966. The molecule has 3 rings (SSSR count). The SMILES string of the molecule is CCCc1cc(-c2nnc(SCC(=O)Nc3nncs3)n2C(C)C)cs1. The first-order chi connectivity index (χ1) is 12.6. The molecule has 1 amide bonds. The van der Waals surface area contributed by atoms with Gasteiger partial charge in [-0.05, 0) is 26.3 Å². The number of thioether (sulfide) groups is 1. The number of aryl methyl sites for hydroxylation is 1. The molecule has 0 spiro atoms. The van der Waals surface area contributed by atoms with Crippen molar-refractivity contribution in [3.63, 3.8) is 0 Å². The van der Waals surface area contributed by atoms with Crippen LogP contribution in [0.25, 0.3) is 11.4 Å². The van der Waals surface area contributed by atoms with Gasteiger partial charge >= 0.3 is 0 Å². The summed E-state index contributed by atoms with van der Waals surface area (Å²) in [5.41, 5.74) is 2.67. The molecule has 0 saturated heterocycles. The second-order valence-corrected chi connectivity index (χ2v) is 8.67. The zero-order valence-electron chi connectivity index (χ0n) is 14.8. The quantitative estimate of drug-likeness (QED) is 0.564. The lowest BCUT2D eigenvalue weighted by Gasteiger charge is -2.12. The number of rotatable bonds is 8. The van der Waals surface area contributed by atoms with E-state index in [0.29, 0.717) is 5.13 Å². The molecule has 3 aromatic heterocycles. The van der Waals surface area contributed by atoms with Crippen molar-refractivity contribution in [3.8, 4) is 11.4 Å². The summed E-state index contributed by atoms with van der Waals surface area (Å²) in [6.45, 7) is 6.37. The second-order valence-electron chi connectivity index (χ2n) is 5.90. The fourth-order valence-electron chi connectivity index (χ4n) is 2.43. The molecule has 0 aliphatic heterocycles. The predicted molar refractivity (Wildman–Crippen MR) is 107 cm³/mol. The van der Waals surface area contributed by atoms with Crippen LogP contribution in [0.2, 0.25) is 0 Å².